The van der Waals surface area contributed by atoms with Gasteiger partial charge in [-0.3, -0.25) is 4.79 Å². The fourth-order valence-corrected chi connectivity index (χ4v) is 2.80. The molecule has 2 aromatic rings. The molecule has 4 nitrogen and oxygen atoms in total. The molecule has 1 aromatic carbocycles. The van der Waals surface area contributed by atoms with Crippen molar-refractivity contribution in [3.63, 3.8) is 0 Å². The molecule has 1 aromatic heterocycles. The Labute approximate surface area is 124 Å². The second kappa shape index (κ2) is 6.06. The molecule has 1 aliphatic heterocycles. The maximum Gasteiger partial charge on any atom is 0.246 e. The van der Waals surface area contributed by atoms with Gasteiger partial charge in [0, 0.05) is 30.6 Å². The number of aromatic nitrogens is 1. The first-order valence-electron chi connectivity index (χ1n) is 7.32. The van der Waals surface area contributed by atoms with Gasteiger partial charge in [0.05, 0.1) is 11.2 Å². The highest BCUT2D eigenvalue weighted by atomic mass is 16.2. The Balaban J connectivity index is 1.76. The monoisotopic (exact) mass is 281 g/mol. The van der Waals surface area contributed by atoms with Gasteiger partial charge in [-0.05, 0) is 31.1 Å². The second-order valence-corrected chi connectivity index (χ2v) is 5.33. The number of fused-ring (bicyclic) bond motifs is 1. The van der Waals surface area contributed by atoms with Crippen molar-refractivity contribution in [1.29, 1.82) is 0 Å². The first kappa shape index (κ1) is 13.8. The molecule has 108 valence electrons. The van der Waals surface area contributed by atoms with E-state index < -0.39 is 0 Å². The van der Waals surface area contributed by atoms with Crippen LogP contribution in [0.25, 0.3) is 17.0 Å². The second-order valence-electron chi connectivity index (χ2n) is 5.33. The van der Waals surface area contributed by atoms with Crippen LogP contribution < -0.4 is 5.73 Å². The van der Waals surface area contributed by atoms with Crippen LogP contribution >= 0.6 is 0 Å². The van der Waals surface area contributed by atoms with Gasteiger partial charge in [-0.25, -0.2) is 4.98 Å². The molecule has 1 saturated heterocycles. The molecule has 1 fully saturated rings. The lowest BCUT2D eigenvalue weighted by molar-refractivity contribution is -0.126. The molecule has 1 aliphatic rings. The quantitative estimate of drug-likeness (QED) is 0.877. The third-order valence-electron chi connectivity index (χ3n) is 3.95. The van der Waals surface area contributed by atoms with Crippen LogP contribution in [0.1, 0.15) is 18.5 Å². The van der Waals surface area contributed by atoms with Crippen molar-refractivity contribution in [2.24, 2.45) is 5.73 Å². The average molecular weight is 281 g/mol. The largest absolute Gasteiger partial charge is 0.335 e. The predicted molar refractivity (Wildman–Crippen MR) is 84.6 cm³/mol. The number of carbonyl (C=O) groups is 1. The maximum absolute atomic E-state index is 12.2. The third-order valence-corrected chi connectivity index (χ3v) is 3.95. The maximum atomic E-state index is 12.2. The molecule has 4 heteroatoms. The zero-order chi connectivity index (χ0) is 14.7. The normalized spacial score (nSPS) is 18.7. The molecule has 1 atom stereocenters. The van der Waals surface area contributed by atoms with Crippen LogP contribution in [0.4, 0.5) is 0 Å². The molecule has 3 rings (SSSR count). The van der Waals surface area contributed by atoms with E-state index in [1.165, 1.54) is 0 Å². The van der Waals surface area contributed by atoms with E-state index in [-0.39, 0.29) is 11.9 Å². The molecule has 0 saturated carbocycles. The van der Waals surface area contributed by atoms with E-state index in [1.54, 1.807) is 12.2 Å². The first-order chi connectivity index (χ1) is 10.3. The minimum absolute atomic E-state index is 0.0258. The molecule has 21 heavy (non-hydrogen) atoms. The molecule has 0 spiro atoms. The number of rotatable bonds is 3. The summed E-state index contributed by atoms with van der Waals surface area (Å²) >= 11 is 0. The number of nitrogens with zero attached hydrogens (tertiary/aromatic N) is 2. The van der Waals surface area contributed by atoms with E-state index in [2.05, 4.69) is 4.98 Å². The predicted octanol–water partition coefficient (Wildman–Crippen LogP) is 2.20. The topological polar surface area (TPSA) is 59.2 Å². The number of benzene rings is 1. The van der Waals surface area contributed by atoms with Crippen molar-refractivity contribution in [2.75, 3.05) is 13.1 Å². The molecule has 1 unspecified atom stereocenters. The molecule has 1 amide bonds. The Morgan fingerprint density at radius 1 is 1.33 bits per heavy atom. The van der Waals surface area contributed by atoms with Crippen LogP contribution in [-0.4, -0.2) is 34.9 Å². The summed E-state index contributed by atoms with van der Waals surface area (Å²) < 4.78 is 0. The SMILES string of the molecule is NCC1CCCN1C(=O)C=Cc1ccc2ccccc2n1. The van der Waals surface area contributed by atoms with E-state index >= 15 is 0 Å². The van der Waals surface area contributed by atoms with E-state index in [4.69, 9.17) is 5.73 Å². The Hall–Kier alpha value is -2.20. The van der Waals surface area contributed by atoms with Crippen molar-refractivity contribution in [3.8, 4) is 0 Å². The average Bonchev–Trinajstić information content (AvgIpc) is 3.01. The lowest BCUT2D eigenvalue weighted by Crippen LogP contribution is -2.38. The summed E-state index contributed by atoms with van der Waals surface area (Å²) in [7, 11) is 0. The van der Waals surface area contributed by atoms with E-state index in [1.807, 2.05) is 41.3 Å². The van der Waals surface area contributed by atoms with Gasteiger partial charge in [0.1, 0.15) is 0 Å². The fourth-order valence-electron chi connectivity index (χ4n) is 2.80. The molecule has 2 N–H and O–H groups in total. The Kier molecular flexibility index (Phi) is 3.97. The van der Waals surface area contributed by atoms with E-state index in [9.17, 15) is 4.79 Å². The summed E-state index contributed by atoms with van der Waals surface area (Å²) in [6.07, 6.45) is 5.42. The molecular weight excluding hydrogens is 262 g/mol. The zero-order valence-corrected chi connectivity index (χ0v) is 11.9. The highest BCUT2D eigenvalue weighted by Gasteiger charge is 2.25. The fraction of sp³-hybridized carbons (Fsp3) is 0.294. The highest BCUT2D eigenvalue weighted by molar-refractivity contribution is 5.92. The smallest absolute Gasteiger partial charge is 0.246 e. The number of hydrogen-bond acceptors (Lipinski definition) is 3. The third kappa shape index (κ3) is 2.95. The molecule has 0 bridgehead atoms. The number of pyridine rings is 1. The van der Waals surface area contributed by atoms with Crippen LogP contribution in [0.2, 0.25) is 0 Å². The number of nitrogens with two attached hydrogens (primary N) is 1. The number of carbonyl (C=O) groups excluding carboxylic acids is 1. The lowest BCUT2D eigenvalue weighted by atomic mass is 10.2. The van der Waals surface area contributed by atoms with Crippen molar-refractivity contribution in [3.05, 3.63) is 48.2 Å². The number of likely N-dealkylation sites (tertiary alicyclic amines) is 1. The summed E-state index contributed by atoms with van der Waals surface area (Å²) in [5, 5.41) is 1.10. The van der Waals surface area contributed by atoms with Crippen LogP contribution in [0.5, 0.6) is 0 Å². The van der Waals surface area contributed by atoms with Crippen LogP contribution in [0.15, 0.2) is 42.5 Å². The number of hydrogen-bond donors (Lipinski definition) is 1. The Bertz CT molecular complexity index is 681. The van der Waals surface area contributed by atoms with Crippen LogP contribution in [-0.2, 0) is 4.79 Å². The Morgan fingerprint density at radius 2 is 2.19 bits per heavy atom. The van der Waals surface area contributed by atoms with Gasteiger partial charge in [-0.2, -0.15) is 0 Å². The van der Waals surface area contributed by atoms with Crippen LogP contribution in [0.3, 0.4) is 0 Å². The van der Waals surface area contributed by atoms with Gasteiger partial charge in [0.15, 0.2) is 0 Å². The zero-order valence-electron chi connectivity index (χ0n) is 11.9. The summed E-state index contributed by atoms with van der Waals surface area (Å²) in [6, 6.07) is 12.1. The molecule has 0 radical (unpaired) electrons. The Morgan fingerprint density at radius 3 is 3.05 bits per heavy atom. The molecular formula is C17H19N3O. The van der Waals surface area contributed by atoms with Crippen molar-refractivity contribution in [1.82, 2.24) is 9.88 Å². The number of para-hydroxylation sites is 1. The van der Waals surface area contributed by atoms with Gasteiger partial charge in [0.25, 0.3) is 0 Å². The van der Waals surface area contributed by atoms with Gasteiger partial charge in [-0.1, -0.05) is 24.3 Å². The summed E-state index contributed by atoms with van der Waals surface area (Å²) in [5.74, 6) is 0.0258. The van der Waals surface area contributed by atoms with Gasteiger partial charge < -0.3 is 10.6 Å². The van der Waals surface area contributed by atoms with E-state index in [0.29, 0.717) is 6.54 Å². The molecule has 0 aliphatic carbocycles. The van der Waals surface area contributed by atoms with Gasteiger partial charge >= 0.3 is 0 Å². The minimum atomic E-state index is 0.0258. The van der Waals surface area contributed by atoms with Gasteiger partial charge in [-0.15, -0.1) is 0 Å². The summed E-state index contributed by atoms with van der Waals surface area (Å²) in [5.41, 5.74) is 7.44. The number of amides is 1. The summed E-state index contributed by atoms with van der Waals surface area (Å²) in [4.78, 5) is 18.6. The molecule has 2 heterocycles. The van der Waals surface area contributed by atoms with Gasteiger partial charge in [0.2, 0.25) is 5.91 Å². The minimum Gasteiger partial charge on any atom is -0.335 e. The highest BCUT2D eigenvalue weighted by Crippen LogP contribution is 2.17. The van der Waals surface area contributed by atoms with Crippen molar-refractivity contribution >= 4 is 22.9 Å². The van der Waals surface area contributed by atoms with Crippen molar-refractivity contribution in [2.45, 2.75) is 18.9 Å². The first-order valence-corrected chi connectivity index (χ1v) is 7.32. The van der Waals surface area contributed by atoms with Crippen molar-refractivity contribution < 1.29 is 4.79 Å². The van der Waals surface area contributed by atoms with E-state index in [0.717, 1.165) is 36.0 Å². The standard InChI is InChI=1S/C17H19N3O/c18-12-15-5-3-11-20(15)17(21)10-9-14-8-7-13-4-1-2-6-16(13)19-14/h1-2,4,6-10,15H,3,5,11-12,18H2. The van der Waals surface area contributed by atoms with Crippen LogP contribution in [0, 0.1) is 0 Å². The lowest BCUT2D eigenvalue weighted by Gasteiger charge is -2.21. The summed E-state index contributed by atoms with van der Waals surface area (Å²) in [6.45, 7) is 1.34.